The van der Waals surface area contributed by atoms with E-state index in [4.69, 9.17) is 4.74 Å². The summed E-state index contributed by atoms with van der Waals surface area (Å²) in [5, 5.41) is 20.2. The van der Waals surface area contributed by atoms with E-state index in [9.17, 15) is 24.6 Å². The molecule has 0 spiro atoms. The van der Waals surface area contributed by atoms with Crippen LogP contribution in [0.25, 0.3) is 0 Å². The molecule has 4 aliphatic rings. The normalized spacial score (nSPS) is 42.9. The van der Waals surface area contributed by atoms with Crippen molar-refractivity contribution in [2.24, 2.45) is 50.2 Å². The van der Waals surface area contributed by atoms with E-state index in [1.54, 1.807) is 13.8 Å². The van der Waals surface area contributed by atoms with Gasteiger partial charge in [-0.25, -0.2) is 0 Å². The molecule has 4 rings (SSSR count). The summed E-state index contributed by atoms with van der Waals surface area (Å²) < 4.78 is 5.43. The van der Waals surface area contributed by atoms with Crippen LogP contribution in [0, 0.1) is 50.2 Å². The first-order valence-corrected chi connectivity index (χ1v) is 14.2. The number of carboxylic acids is 2. The number of allylic oxidation sites excluding steroid dienone is 2. The van der Waals surface area contributed by atoms with Gasteiger partial charge in [0, 0.05) is 0 Å². The Kier molecular flexibility index (Phi) is 6.53. The maximum Gasteiger partial charge on any atom is 0.312 e. The van der Waals surface area contributed by atoms with Crippen LogP contribution in [0.15, 0.2) is 11.6 Å². The van der Waals surface area contributed by atoms with Crippen molar-refractivity contribution < 1.29 is 29.3 Å². The van der Waals surface area contributed by atoms with Crippen LogP contribution < -0.4 is 0 Å². The Bertz CT molecular complexity index is 1020. The lowest BCUT2D eigenvalue weighted by atomic mass is 9.34. The van der Waals surface area contributed by atoms with Crippen molar-refractivity contribution in [3.8, 4) is 0 Å². The summed E-state index contributed by atoms with van der Waals surface area (Å²) in [5.74, 6) is -1.87. The van der Waals surface area contributed by atoms with Crippen LogP contribution in [0.5, 0.6) is 0 Å². The second-order valence-corrected chi connectivity index (χ2v) is 15.0. The SMILES string of the molecule is COC(=O)[C@]12CCC(C)(C)C[C@H]1C1=CC[C@@H]3[C@@](C)(CC(=O)O)[C@H](C(C)(C)C(=O)O)CC[C@@]3(C)[C@]1(C)CC2. The van der Waals surface area contributed by atoms with E-state index >= 15 is 0 Å². The Morgan fingerprint density at radius 3 is 2.19 bits per heavy atom. The number of methoxy groups -OCH3 is 1. The third-order valence-corrected chi connectivity index (χ3v) is 12.4. The maximum atomic E-state index is 13.3. The van der Waals surface area contributed by atoms with E-state index in [0.29, 0.717) is 6.42 Å². The predicted molar refractivity (Wildman–Crippen MR) is 142 cm³/mol. The Labute approximate surface area is 222 Å². The lowest BCUT2D eigenvalue weighted by Crippen LogP contribution is -2.64. The summed E-state index contributed by atoms with van der Waals surface area (Å²) in [6.07, 6.45) is 9.06. The second kappa shape index (κ2) is 8.58. The van der Waals surface area contributed by atoms with E-state index in [1.807, 2.05) is 6.92 Å². The first-order chi connectivity index (χ1) is 16.9. The lowest BCUT2D eigenvalue weighted by molar-refractivity contribution is -0.191. The van der Waals surface area contributed by atoms with Gasteiger partial charge in [-0.15, -0.1) is 0 Å². The summed E-state index contributed by atoms with van der Waals surface area (Å²) in [5.41, 5.74) is -1.000. The quantitative estimate of drug-likeness (QED) is 0.310. The molecule has 0 radical (unpaired) electrons. The van der Waals surface area contributed by atoms with Crippen molar-refractivity contribution in [3.05, 3.63) is 11.6 Å². The summed E-state index contributed by atoms with van der Waals surface area (Å²) in [6, 6.07) is 0. The van der Waals surface area contributed by atoms with E-state index in [0.717, 1.165) is 44.9 Å². The maximum absolute atomic E-state index is 13.3. The molecule has 0 unspecified atom stereocenters. The Hall–Kier alpha value is -1.85. The molecule has 7 atom stereocenters. The van der Waals surface area contributed by atoms with Gasteiger partial charge in [0.2, 0.25) is 0 Å². The Morgan fingerprint density at radius 2 is 1.62 bits per heavy atom. The largest absolute Gasteiger partial charge is 0.481 e. The van der Waals surface area contributed by atoms with E-state index < -0.39 is 28.2 Å². The number of ether oxygens (including phenoxy) is 1. The molecule has 0 aromatic carbocycles. The van der Waals surface area contributed by atoms with Gasteiger partial charge in [0.1, 0.15) is 0 Å². The van der Waals surface area contributed by atoms with E-state index in [1.165, 1.54) is 12.7 Å². The van der Waals surface area contributed by atoms with Crippen LogP contribution in [-0.4, -0.2) is 35.2 Å². The van der Waals surface area contributed by atoms with Crippen molar-refractivity contribution in [1.29, 1.82) is 0 Å². The molecule has 3 saturated carbocycles. The Balaban J connectivity index is 1.86. The summed E-state index contributed by atoms with van der Waals surface area (Å²) in [4.78, 5) is 38.0. The second-order valence-electron chi connectivity index (χ2n) is 15.0. The predicted octanol–water partition coefficient (Wildman–Crippen LogP) is 6.73. The minimum atomic E-state index is -1.02. The molecule has 0 bridgehead atoms. The number of carbonyl (C=O) groups is 3. The molecule has 0 saturated heterocycles. The van der Waals surface area contributed by atoms with Crippen LogP contribution >= 0.6 is 0 Å². The first-order valence-electron chi connectivity index (χ1n) is 14.2. The molecule has 208 valence electrons. The number of rotatable bonds is 5. The van der Waals surface area contributed by atoms with Gasteiger partial charge in [-0.1, -0.05) is 46.3 Å². The smallest absolute Gasteiger partial charge is 0.312 e. The number of fused-ring (bicyclic) bond motifs is 5. The number of esters is 1. The van der Waals surface area contributed by atoms with Crippen LogP contribution in [0.4, 0.5) is 0 Å². The topological polar surface area (TPSA) is 101 Å². The number of hydrogen-bond donors (Lipinski definition) is 2. The highest BCUT2D eigenvalue weighted by molar-refractivity contribution is 5.79. The van der Waals surface area contributed by atoms with Gasteiger partial charge in [-0.3, -0.25) is 14.4 Å². The monoisotopic (exact) mass is 516 g/mol. The fourth-order valence-electron chi connectivity index (χ4n) is 10.1. The van der Waals surface area contributed by atoms with Gasteiger partial charge >= 0.3 is 17.9 Å². The molecule has 0 aliphatic heterocycles. The van der Waals surface area contributed by atoms with Crippen molar-refractivity contribution in [2.75, 3.05) is 7.11 Å². The highest BCUT2D eigenvalue weighted by Crippen LogP contribution is 2.74. The van der Waals surface area contributed by atoms with E-state index in [-0.39, 0.29) is 46.4 Å². The zero-order valence-corrected chi connectivity index (χ0v) is 24.2. The van der Waals surface area contributed by atoms with Gasteiger partial charge in [0.15, 0.2) is 0 Å². The van der Waals surface area contributed by atoms with Crippen LogP contribution in [0.3, 0.4) is 0 Å². The van der Waals surface area contributed by atoms with Crippen molar-refractivity contribution in [3.63, 3.8) is 0 Å². The molecule has 0 amide bonds. The fourth-order valence-corrected chi connectivity index (χ4v) is 10.1. The Morgan fingerprint density at radius 1 is 1.00 bits per heavy atom. The number of carboxylic acid groups (broad SMARTS) is 2. The molecule has 3 fully saturated rings. The molecule has 0 aromatic rings. The third kappa shape index (κ3) is 3.82. The number of hydrogen-bond acceptors (Lipinski definition) is 4. The molecule has 0 heterocycles. The van der Waals surface area contributed by atoms with E-state index in [2.05, 4.69) is 33.8 Å². The summed E-state index contributed by atoms with van der Waals surface area (Å²) in [7, 11) is 1.51. The van der Waals surface area contributed by atoms with Crippen molar-refractivity contribution >= 4 is 17.9 Å². The summed E-state index contributed by atoms with van der Waals surface area (Å²) >= 11 is 0. The molecular formula is C31H48O6. The van der Waals surface area contributed by atoms with Gasteiger partial charge in [0.25, 0.3) is 0 Å². The lowest BCUT2D eigenvalue weighted by Gasteiger charge is -2.69. The van der Waals surface area contributed by atoms with Crippen LogP contribution in [0.2, 0.25) is 0 Å². The minimum Gasteiger partial charge on any atom is -0.481 e. The minimum absolute atomic E-state index is 0.0313. The van der Waals surface area contributed by atoms with Gasteiger partial charge in [0.05, 0.1) is 24.4 Å². The number of carbonyl (C=O) groups excluding carboxylic acids is 1. The van der Waals surface area contributed by atoms with Gasteiger partial charge in [-0.2, -0.15) is 0 Å². The van der Waals surface area contributed by atoms with Gasteiger partial charge < -0.3 is 14.9 Å². The average molecular weight is 517 g/mol. The first kappa shape index (κ1) is 28.2. The van der Waals surface area contributed by atoms with Crippen molar-refractivity contribution in [1.82, 2.24) is 0 Å². The zero-order valence-electron chi connectivity index (χ0n) is 24.2. The highest BCUT2D eigenvalue weighted by atomic mass is 16.5. The van der Waals surface area contributed by atoms with Crippen LogP contribution in [-0.2, 0) is 19.1 Å². The molecule has 37 heavy (non-hydrogen) atoms. The zero-order chi connectivity index (χ0) is 27.8. The highest BCUT2D eigenvalue weighted by Gasteiger charge is 2.69. The molecule has 0 aromatic heterocycles. The third-order valence-electron chi connectivity index (χ3n) is 12.4. The standard InChI is InChI=1S/C31H48O6/c1-26(2)13-15-31(25(36)37-8)16-14-29(6)19(20(31)17-26)9-10-22-28(5,18-23(32)33)21(11-12-30(22,29)7)27(3,4)24(34)35/h9,20-22H,10-18H2,1-8H3,(H,32,33)(H,34,35)/t20-,21-,22+,28-,29+,30+,31-/m0/s1. The summed E-state index contributed by atoms with van der Waals surface area (Å²) in [6.45, 7) is 14.9. The molecule has 4 aliphatic carbocycles. The number of aliphatic carboxylic acids is 2. The average Bonchev–Trinajstić information content (AvgIpc) is 2.78. The molecule has 6 nitrogen and oxygen atoms in total. The van der Waals surface area contributed by atoms with Crippen molar-refractivity contribution in [2.45, 2.75) is 106 Å². The molecule has 6 heteroatoms. The molecular weight excluding hydrogens is 468 g/mol. The van der Waals surface area contributed by atoms with Gasteiger partial charge in [-0.05, 0) is 105 Å². The van der Waals surface area contributed by atoms with Crippen LogP contribution in [0.1, 0.15) is 106 Å². The fraction of sp³-hybridized carbons (Fsp3) is 0.839. The molecule has 2 N–H and O–H groups in total.